The number of rotatable bonds is 8. The average molecular weight is 336 g/mol. The molecule has 2 rings (SSSR count). The molecule has 2 aromatic rings. The predicted molar refractivity (Wildman–Crippen MR) is 88.2 cm³/mol. The smallest absolute Gasteiger partial charge is 0.316 e. The van der Waals surface area contributed by atoms with Crippen LogP contribution >= 0.6 is 11.8 Å². The summed E-state index contributed by atoms with van der Waals surface area (Å²) in [7, 11) is 0. The van der Waals surface area contributed by atoms with Crippen LogP contribution in [0.25, 0.3) is 11.1 Å². The number of carbonyl (C=O) groups excluding carboxylic acids is 2. The first-order chi connectivity index (χ1) is 11.1. The highest BCUT2D eigenvalue weighted by molar-refractivity contribution is 7.99. The van der Waals surface area contributed by atoms with E-state index in [1.807, 2.05) is 38.1 Å². The minimum Gasteiger partial charge on any atom is -0.455 e. The van der Waals surface area contributed by atoms with E-state index >= 15 is 0 Å². The number of hydrogen-bond acceptors (Lipinski definition) is 6. The number of nitrogens with zero attached hydrogens (tertiary/aromatic N) is 1. The number of nitrogens with one attached hydrogen (secondary N) is 1. The Kier molecular flexibility index (Phi) is 6.46. The molecular weight excluding hydrogens is 316 g/mol. The molecule has 1 aromatic heterocycles. The maximum Gasteiger partial charge on any atom is 0.316 e. The van der Waals surface area contributed by atoms with Gasteiger partial charge in [-0.1, -0.05) is 37.2 Å². The highest BCUT2D eigenvalue weighted by atomic mass is 32.2. The van der Waals surface area contributed by atoms with Crippen LogP contribution in [0, 0.1) is 0 Å². The Labute approximate surface area is 139 Å². The third-order valence-corrected chi connectivity index (χ3v) is 3.88. The van der Waals surface area contributed by atoms with Gasteiger partial charge in [0.05, 0.1) is 0 Å². The SMILES string of the molecule is CCC[C@H](C)NC(=O)COC(=O)CSc1nc2ccccc2o1. The van der Waals surface area contributed by atoms with Crippen molar-refractivity contribution in [1.82, 2.24) is 10.3 Å². The Morgan fingerprint density at radius 2 is 2.17 bits per heavy atom. The largest absolute Gasteiger partial charge is 0.455 e. The van der Waals surface area contributed by atoms with Crippen LogP contribution in [0.2, 0.25) is 0 Å². The Morgan fingerprint density at radius 3 is 2.91 bits per heavy atom. The van der Waals surface area contributed by atoms with Gasteiger partial charge in [0.25, 0.3) is 11.1 Å². The predicted octanol–water partition coefficient (Wildman–Crippen LogP) is 2.77. The lowest BCUT2D eigenvalue weighted by atomic mass is 10.2. The van der Waals surface area contributed by atoms with E-state index in [1.165, 1.54) is 0 Å². The molecule has 0 spiro atoms. The number of ether oxygens (including phenoxy) is 1. The van der Waals surface area contributed by atoms with Gasteiger partial charge in [0, 0.05) is 6.04 Å². The van der Waals surface area contributed by atoms with Gasteiger partial charge in [0.15, 0.2) is 12.2 Å². The standard InChI is InChI=1S/C16H20N2O4S/c1-3-6-11(2)17-14(19)9-21-15(20)10-23-16-18-12-7-4-5-8-13(12)22-16/h4-5,7-8,11H,3,6,9-10H2,1-2H3,(H,17,19)/t11-/m0/s1. The molecule has 0 aliphatic rings. The van der Waals surface area contributed by atoms with Gasteiger partial charge in [-0.15, -0.1) is 0 Å². The van der Waals surface area contributed by atoms with Crippen LogP contribution in [0.1, 0.15) is 26.7 Å². The van der Waals surface area contributed by atoms with Crippen molar-refractivity contribution in [2.75, 3.05) is 12.4 Å². The number of esters is 1. The number of aromatic nitrogens is 1. The molecule has 1 amide bonds. The molecule has 1 heterocycles. The quantitative estimate of drug-likeness (QED) is 0.590. The van der Waals surface area contributed by atoms with Crippen molar-refractivity contribution >= 4 is 34.7 Å². The highest BCUT2D eigenvalue weighted by Crippen LogP contribution is 2.22. The van der Waals surface area contributed by atoms with E-state index in [9.17, 15) is 9.59 Å². The molecule has 1 atom stereocenters. The molecule has 7 heteroatoms. The summed E-state index contributed by atoms with van der Waals surface area (Å²) in [5.41, 5.74) is 1.42. The van der Waals surface area contributed by atoms with Gasteiger partial charge >= 0.3 is 5.97 Å². The van der Waals surface area contributed by atoms with E-state index in [0.29, 0.717) is 10.8 Å². The molecule has 124 valence electrons. The second kappa shape index (κ2) is 8.57. The minimum absolute atomic E-state index is 0.0462. The first-order valence-corrected chi connectivity index (χ1v) is 8.50. The maximum atomic E-state index is 11.7. The molecule has 1 N–H and O–H groups in total. The Bertz CT molecular complexity index is 638. The summed E-state index contributed by atoms with van der Waals surface area (Å²) in [5.74, 6) is -0.716. The highest BCUT2D eigenvalue weighted by Gasteiger charge is 2.12. The van der Waals surface area contributed by atoms with E-state index in [1.54, 1.807) is 0 Å². The molecular formula is C16H20N2O4S. The molecule has 0 saturated heterocycles. The summed E-state index contributed by atoms with van der Waals surface area (Å²) in [6, 6.07) is 7.45. The third-order valence-electron chi connectivity index (χ3n) is 3.08. The number of oxazole rings is 1. The zero-order valence-corrected chi connectivity index (χ0v) is 14.0. The Hall–Kier alpha value is -2.02. The van der Waals surface area contributed by atoms with Crippen LogP contribution < -0.4 is 5.32 Å². The number of amides is 1. The van der Waals surface area contributed by atoms with Gasteiger partial charge < -0.3 is 14.5 Å². The fourth-order valence-corrected chi connectivity index (χ4v) is 2.68. The molecule has 23 heavy (non-hydrogen) atoms. The number of benzene rings is 1. The Balaban J connectivity index is 1.71. The fraction of sp³-hybridized carbons (Fsp3) is 0.438. The van der Waals surface area contributed by atoms with Crippen molar-refractivity contribution in [3.8, 4) is 0 Å². The number of fused-ring (bicyclic) bond motifs is 1. The van der Waals surface area contributed by atoms with Crippen LogP contribution in [0.4, 0.5) is 0 Å². The van der Waals surface area contributed by atoms with Crippen molar-refractivity contribution in [2.24, 2.45) is 0 Å². The molecule has 6 nitrogen and oxygen atoms in total. The van der Waals surface area contributed by atoms with Gasteiger partial charge in [-0.2, -0.15) is 0 Å². The second-order valence-electron chi connectivity index (χ2n) is 5.15. The lowest BCUT2D eigenvalue weighted by Crippen LogP contribution is -2.35. The molecule has 0 bridgehead atoms. The summed E-state index contributed by atoms with van der Waals surface area (Å²) in [6.45, 7) is 3.71. The van der Waals surface area contributed by atoms with Crippen molar-refractivity contribution in [2.45, 2.75) is 38.0 Å². The van der Waals surface area contributed by atoms with Crippen molar-refractivity contribution in [3.05, 3.63) is 24.3 Å². The molecule has 0 unspecified atom stereocenters. The molecule has 0 fully saturated rings. The Morgan fingerprint density at radius 1 is 1.39 bits per heavy atom. The van der Waals surface area contributed by atoms with Crippen molar-refractivity contribution in [1.29, 1.82) is 0 Å². The van der Waals surface area contributed by atoms with E-state index in [0.717, 1.165) is 30.1 Å². The van der Waals surface area contributed by atoms with Gasteiger partial charge in [-0.05, 0) is 25.5 Å². The maximum absolute atomic E-state index is 11.7. The zero-order chi connectivity index (χ0) is 16.7. The normalized spacial score (nSPS) is 12.1. The molecule has 0 saturated carbocycles. The first-order valence-electron chi connectivity index (χ1n) is 7.52. The van der Waals surface area contributed by atoms with Gasteiger partial charge in [0.2, 0.25) is 0 Å². The molecule has 1 aromatic carbocycles. The van der Waals surface area contributed by atoms with Gasteiger partial charge in [-0.25, -0.2) is 4.98 Å². The average Bonchev–Trinajstić information content (AvgIpc) is 2.94. The number of thioether (sulfide) groups is 1. The first kappa shape index (κ1) is 17.3. The fourth-order valence-electron chi connectivity index (χ4n) is 2.04. The summed E-state index contributed by atoms with van der Waals surface area (Å²) in [6.07, 6.45) is 1.88. The van der Waals surface area contributed by atoms with E-state index in [-0.39, 0.29) is 24.3 Å². The summed E-state index contributed by atoms with van der Waals surface area (Å²) < 4.78 is 10.4. The van der Waals surface area contributed by atoms with Crippen LogP contribution in [-0.4, -0.2) is 35.3 Å². The topological polar surface area (TPSA) is 81.4 Å². The lowest BCUT2D eigenvalue weighted by Gasteiger charge is -2.12. The lowest BCUT2D eigenvalue weighted by molar-refractivity contribution is -0.146. The molecule has 0 aliphatic carbocycles. The zero-order valence-electron chi connectivity index (χ0n) is 13.2. The van der Waals surface area contributed by atoms with Crippen molar-refractivity contribution in [3.63, 3.8) is 0 Å². The number of carbonyl (C=O) groups is 2. The number of para-hydroxylation sites is 2. The van der Waals surface area contributed by atoms with Crippen molar-refractivity contribution < 1.29 is 18.7 Å². The number of hydrogen-bond donors (Lipinski definition) is 1. The summed E-state index contributed by atoms with van der Waals surface area (Å²) in [4.78, 5) is 27.5. The summed E-state index contributed by atoms with van der Waals surface area (Å²) >= 11 is 1.14. The van der Waals surface area contributed by atoms with Gasteiger partial charge in [0.1, 0.15) is 11.3 Å². The van der Waals surface area contributed by atoms with Gasteiger partial charge in [-0.3, -0.25) is 9.59 Å². The van der Waals surface area contributed by atoms with E-state index in [4.69, 9.17) is 9.15 Å². The molecule has 0 radical (unpaired) electrons. The minimum atomic E-state index is -0.476. The van der Waals surface area contributed by atoms with E-state index in [2.05, 4.69) is 10.3 Å². The van der Waals surface area contributed by atoms with Crippen LogP contribution in [0.3, 0.4) is 0 Å². The second-order valence-corrected chi connectivity index (χ2v) is 6.08. The third kappa shape index (κ3) is 5.59. The van der Waals surface area contributed by atoms with E-state index < -0.39 is 5.97 Å². The monoisotopic (exact) mass is 336 g/mol. The summed E-state index contributed by atoms with van der Waals surface area (Å²) in [5, 5.41) is 3.18. The van der Waals surface area contributed by atoms with Crippen LogP contribution in [-0.2, 0) is 14.3 Å². The van der Waals surface area contributed by atoms with Crippen LogP contribution in [0.15, 0.2) is 33.9 Å². The molecule has 0 aliphatic heterocycles. The van der Waals surface area contributed by atoms with Crippen LogP contribution in [0.5, 0.6) is 0 Å².